The molecule has 0 saturated heterocycles. The maximum Gasteiger partial charge on any atom is 0.305 e. The molecule has 0 saturated carbocycles. The van der Waals surface area contributed by atoms with Crippen molar-refractivity contribution in [2.45, 2.75) is 57.3 Å². The Labute approximate surface area is 180 Å². The minimum atomic E-state index is -3.63. The first-order valence-corrected chi connectivity index (χ1v) is 12.1. The quantitative estimate of drug-likeness (QED) is 0.343. The summed E-state index contributed by atoms with van der Waals surface area (Å²) in [5.74, 6) is 0.507. The van der Waals surface area contributed by atoms with Gasteiger partial charge in [-0.25, -0.2) is 12.7 Å². The lowest BCUT2D eigenvalue weighted by atomic mass is 9.82. The van der Waals surface area contributed by atoms with Crippen LogP contribution in [0.2, 0.25) is 0 Å². The molecule has 1 aromatic rings. The molecule has 1 aliphatic heterocycles. The van der Waals surface area contributed by atoms with E-state index in [4.69, 9.17) is 4.74 Å². The average molecular weight is 442 g/mol. The average Bonchev–Trinajstić information content (AvgIpc) is 2.86. The molecule has 0 atom stereocenters. The van der Waals surface area contributed by atoms with E-state index in [0.717, 1.165) is 30.0 Å². The number of fused-ring (bicyclic) bond motifs is 1. The smallest absolute Gasteiger partial charge is 0.305 e. The fourth-order valence-electron chi connectivity index (χ4n) is 3.62. The van der Waals surface area contributed by atoms with E-state index < -0.39 is 10.0 Å². The van der Waals surface area contributed by atoms with E-state index in [1.807, 2.05) is 6.07 Å². The van der Waals surface area contributed by atoms with Crippen molar-refractivity contribution in [1.29, 1.82) is 0 Å². The van der Waals surface area contributed by atoms with E-state index in [1.165, 1.54) is 10.0 Å². The molecule has 1 aromatic carbocycles. The summed E-state index contributed by atoms with van der Waals surface area (Å²) in [5, 5.41) is 0. The number of hydrogen-bond acceptors (Lipinski definition) is 5. The SMILES string of the molecule is CCOC(=O)CCCN(C)S(=O)(=O)c1ccc2c(c1)C(C)(C)C(C)=[N+]2CCCS. The zero-order valence-electron chi connectivity index (χ0n) is 18.1. The molecule has 0 unspecified atom stereocenters. The third-order valence-corrected chi connectivity index (χ3v) is 7.82. The summed E-state index contributed by atoms with van der Waals surface area (Å²) in [5.41, 5.74) is 3.07. The molecule has 0 aliphatic carbocycles. The van der Waals surface area contributed by atoms with Crippen LogP contribution in [0.3, 0.4) is 0 Å². The number of carbonyl (C=O) groups is 1. The van der Waals surface area contributed by atoms with Crippen molar-refractivity contribution in [1.82, 2.24) is 4.31 Å². The number of benzene rings is 1. The molecule has 0 spiro atoms. The molecule has 0 fully saturated rings. The van der Waals surface area contributed by atoms with Gasteiger partial charge in [-0.2, -0.15) is 17.2 Å². The molecule has 1 aliphatic rings. The molecule has 0 aromatic heterocycles. The Balaban J connectivity index is 2.23. The van der Waals surface area contributed by atoms with Crippen molar-refractivity contribution in [2.24, 2.45) is 0 Å². The van der Waals surface area contributed by atoms with Crippen LogP contribution in [-0.2, 0) is 25.0 Å². The van der Waals surface area contributed by atoms with E-state index in [9.17, 15) is 13.2 Å². The molecule has 0 N–H and O–H groups in total. The number of esters is 1. The number of nitrogens with zero attached hydrogens (tertiary/aromatic N) is 2. The van der Waals surface area contributed by atoms with Crippen LogP contribution in [0.25, 0.3) is 0 Å². The lowest BCUT2D eigenvalue weighted by Crippen LogP contribution is -2.29. The summed E-state index contributed by atoms with van der Waals surface area (Å²) < 4.78 is 34.6. The van der Waals surface area contributed by atoms with E-state index in [1.54, 1.807) is 26.1 Å². The highest BCUT2D eigenvalue weighted by atomic mass is 32.2. The fourth-order valence-corrected chi connectivity index (χ4v) is 5.00. The van der Waals surface area contributed by atoms with Gasteiger partial charge in [-0.15, -0.1) is 0 Å². The van der Waals surface area contributed by atoms with Gasteiger partial charge >= 0.3 is 5.97 Å². The fraction of sp³-hybridized carbons (Fsp3) is 0.619. The topological polar surface area (TPSA) is 66.7 Å². The van der Waals surface area contributed by atoms with Gasteiger partial charge in [-0.05, 0) is 45.1 Å². The zero-order valence-corrected chi connectivity index (χ0v) is 19.8. The molecule has 1 heterocycles. The Bertz CT molecular complexity index is 892. The molecular weight excluding hydrogens is 408 g/mol. The van der Waals surface area contributed by atoms with E-state index in [-0.39, 0.29) is 29.2 Å². The van der Waals surface area contributed by atoms with Gasteiger partial charge in [0.2, 0.25) is 15.7 Å². The van der Waals surface area contributed by atoms with Crippen molar-refractivity contribution >= 4 is 40.0 Å². The highest BCUT2D eigenvalue weighted by Gasteiger charge is 2.43. The van der Waals surface area contributed by atoms with Crippen molar-refractivity contribution in [3.8, 4) is 0 Å². The van der Waals surface area contributed by atoms with Gasteiger partial charge in [0, 0.05) is 45.0 Å². The second kappa shape index (κ2) is 9.62. The van der Waals surface area contributed by atoms with Gasteiger partial charge in [0.05, 0.1) is 16.9 Å². The Kier molecular flexibility index (Phi) is 7.93. The normalized spacial score (nSPS) is 15.7. The molecular formula is C21H33N2O4S2+. The summed E-state index contributed by atoms with van der Waals surface area (Å²) in [7, 11) is -2.08. The lowest BCUT2D eigenvalue weighted by Gasteiger charge is -2.19. The Morgan fingerprint density at radius 3 is 2.59 bits per heavy atom. The predicted molar refractivity (Wildman–Crippen MR) is 119 cm³/mol. The molecule has 6 nitrogen and oxygen atoms in total. The third-order valence-electron chi connectivity index (χ3n) is 5.65. The summed E-state index contributed by atoms with van der Waals surface area (Å²) in [4.78, 5) is 11.8. The highest BCUT2D eigenvalue weighted by molar-refractivity contribution is 7.89. The van der Waals surface area contributed by atoms with Gasteiger partial charge in [-0.1, -0.05) is 0 Å². The number of ether oxygens (including phenoxy) is 1. The van der Waals surface area contributed by atoms with E-state index >= 15 is 0 Å². The minimum Gasteiger partial charge on any atom is -0.466 e. The number of sulfonamides is 1. The van der Waals surface area contributed by atoms with E-state index in [2.05, 4.69) is 38.0 Å². The van der Waals surface area contributed by atoms with Crippen LogP contribution in [0.5, 0.6) is 0 Å². The van der Waals surface area contributed by atoms with Crippen LogP contribution in [0.1, 0.15) is 52.5 Å². The maximum atomic E-state index is 13.1. The van der Waals surface area contributed by atoms with Gasteiger partial charge < -0.3 is 4.74 Å². The van der Waals surface area contributed by atoms with Crippen LogP contribution in [0.15, 0.2) is 23.1 Å². The summed E-state index contributed by atoms with van der Waals surface area (Å²) in [6, 6.07) is 5.39. The molecule has 2 rings (SSSR count). The zero-order chi connectivity index (χ0) is 21.8. The van der Waals surface area contributed by atoms with Crippen molar-refractivity contribution in [3.05, 3.63) is 23.8 Å². The summed E-state index contributed by atoms with van der Waals surface area (Å²) >= 11 is 4.32. The molecule has 0 bridgehead atoms. The molecule has 162 valence electrons. The van der Waals surface area contributed by atoms with Crippen LogP contribution < -0.4 is 0 Å². The van der Waals surface area contributed by atoms with Crippen LogP contribution in [0, 0.1) is 0 Å². The highest BCUT2D eigenvalue weighted by Crippen LogP contribution is 2.41. The van der Waals surface area contributed by atoms with Crippen LogP contribution in [0.4, 0.5) is 5.69 Å². The first-order valence-electron chi connectivity index (χ1n) is 10.1. The second-order valence-electron chi connectivity index (χ2n) is 7.85. The van der Waals surface area contributed by atoms with Crippen LogP contribution >= 0.6 is 12.6 Å². The predicted octanol–water partition coefficient (Wildman–Crippen LogP) is 3.37. The lowest BCUT2D eigenvalue weighted by molar-refractivity contribution is -0.438. The minimum absolute atomic E-state index is 0.208. The molecule has 0 amide bonds. The first-order chi connectivity index (χ1) is 13.6. The number of hydrogen-bond donors (Lipinski definition) is 1. The number of thiol groups is 1. The Hall–Kier alpha value is -1.38. The second-order valence-corrected chi connectivity index (χ2v) is 10.3. The monoisotopic (exact) mass is 441 g/mol. The van der Waals surface area contributed by atoms with Gasteiger partial charge in [0.1, 0.15) is 6.54 Å². The first kappa shape index (κ1) is 23.9. The van der Waals surface area contributed by atoms with E-state index in [0.29, 0.717) is 13.0 Å². The van der Waals surface area contributed by atoms with Gasteiger partial charge in [0.25, 0.3) is 0 Å². The standard InChI is InChI=1S/C21H32N2O4S2/c1-6-27-20(24)9-7-12-22(5)29(25,26)17-10-11-19-18(15-17)21(3,4)16(2)23(19)13-8-14-28/h10-11,15H,6-9,12-14H2,1-5H3/p+1. The van der Waals surface area contributed by atoms with Crippen molar-refractivity contribution < 1.29 is 22.5 Å². The molecule has 29 heavy (non-hydrogen) atoms. The maximum absolute atomic E-state index is 13.1. The Morgan fingerprint density at radius 2 is 1.97 bits per heavy atom. The largest absolute Gasteiger partial charge is 0.466 e. The summed E-state index contributed by atoms with van der Waals surface area (Å²) in [6.07, 6.45) is 1.59. The molecule has 0 radical (unpaired) electrons. The number of carbonyl (C=O) groups excluding carboxylic acids is 1. The van der Waals surface area contributed by atoms with Crippen molar-refractivity contribution in [2.75, 3.05) is 32.5 Å². The Morgan fingerprint density at radius 1 is 1.28 bits per heavy atom. The molecule has 8 heteroatoms. The number of rotatable bonds is 10. The summed E-state index contributed by atoms with van der Waals surface area (Å²) in [6.45, 7) is 9.57. The van der Waals surface area contributed by atoms with Gasteiger partial charge in [-0.3, -0.25) is 4.79 Å². The van der Waals surface area contributed by atoms with Crippen molar-refractivity contribution in [3.63, 3.8) is 0 Å². The van der Waals surface area contributed by atoms with Gasteiger partial charge in [0.15, 0.2) is 5.71 Å². The third kappa shape index (κ3) is 5.03. The van der Waals surface area contributed by atoms with Crippen LogP contribution in [-0.4, -0.2) is 61.5 Å².